The van der Waals surface area contributed by atoms with Crippen LogP contribution in [0.1, 0.15) is 36.0 Å². The first kappa shape index (κ1) is 21.3. The largest absolute Gasteiger partial charge is 0.467 e. The van der Waals surface area contributed by atoms with Crippen LogP contribution >= 0.6 is 11.8 Å². The second-order valence-corrected chi connectivity index (χ2v) is 7.32. The SMILES string of the molecule is COC(=O)[C@H](CCSC)NC(=O)c1cn(CCCCCF)c2ccccc12. The van der Waals surface area contributed by atoms with E-state index in [2.05, 4.69) is 5.32 Å². The second kappa shape index (κ2) is 11.0. The number of esters is 1. The molecule has 1 aromatic heterocycles. The third-order valence-corrected chi connectivity index (χ3v) is 5.11. The number of halogens is 1. The van der Waals surface area contributed by atoms with Gasteiger partial charge in [0.1, 0.15) is 6.04 Å². The molecule has 1 amide bonds. The van der Waals surface area contributed by atoms with Crippen molar-refractivity contribution in [3.05, 3.63) is 36.0 Å². The molecule has 148 valence electrons. The van der Waals surface area contributed by atoms with Crippen molar-refractivity contribution in [1.82, 2.24) is 9.88 Å². The van der Waals surface area contributed by atoms with E-state index >= 15 is 0 Å². The zero-order valence-electron chi connectivity index (χ0n) is 15.9. The molecule has 0 radical (unpaired) electrons. The molecule has 7 heteroatoms. The van der Waals surface area contributed by atoms with Gasteiger partial charge in [0.2, 0.25) is 0 Å². The Morgan fingerprint density at radius 2 is 2.04 bits per heavy atom. The lowest BCUT2D eigenvalue weighted by Gasteiger charge is -2.15. The van der Waals surface area contributed by atoms with Gasteiger partial charge in [0.25, 0.3) is 5.91 Å². The van der Waals surface area contributed by atoms with Crippen molar-refractivity contribution in [1.29, 1.82) is 0 Å². The number of alkyl halides is 1. The highest BCUT2D eigenvalue weighted by molar-refractivity contribution is 7.98. The molecule has 0 fully saturated rings. The first-order valence-electron chi connectivity index (χ1n) is 9.13. The van der Waals surface area contributed by atoms with E-state index in [1.807, 2.05) is 41.3 Å². The number of hydrogen-bond donors (Lipinski definition) is 1. The summed E-state index contributed by atoms with van der Waals surface area (Å²) in [6.45, 7) is 0.422. The average molecular weight is 395 g/mol. The van der Waals surface area contributed by atoms with Gasteiger partial charge in [-0.3, -0.25) is 9.18 Å². The minimum Gasteiger partial charge on any atom is -0.467 e. The number of fused-ring (bicyclic) bond motifs is 1. The summed E-state index contributed by atoms with van der Waals surface area (Å²) < 4.78 is 19.1. The van der Waals surface area contributed by atoms with Gasteiger partial charge in [0.15, 0.2) is 0 Å². The summed E-state index contributed by atoms with van der Waals surface area (Å²) in [4.78, 5) is 24.8. The highest BCUT2D eigenvalue weighted by Gasteiger charge is 2.23. The smallest absolute Gasteiger partial charge is 0.328 e. The van der Waals surface area contributed by atoms with Crippen molar-refractivity contribution in [2.24, 2.45) is 0 Å². The van der Waals surface area contributed by atoms with Crippen molar-refractivity contribution >= 4 is 34.5 Å². The molecule has 0 saturated heterocycles. The number of hydrogen-bond acceptors (Lipinski definition) is 4. The number of nitrogens with one attached hydrogen (secondary N) is 1. The minimum atomic E-state index is -0.665. The van der Waals surface area contributed by atoms with E-state index in [9.17, 15) is 14.0 Å². The van der Waals surface area contributed by atoms with Crippen molar-refractivity contribution in [3.8, 4) is 0 Å². The quantitative estimate of drug-likeness (QED) is 0.465. The molecule has 1 atom stereocenters. The van der Waals surface area contributed by atoms with Crippen LogP contribution < -0.4 is 5.32 Å². The summed E-state index contributed by atoms with van der Waals surface area (Å²) in [7, 11) is 1.32. The predicted molar refractivity (Wildman–Crippen MR) is 108 cm³/mol. The highest BCUT2D eigenvalue weighted by atomic mass is 32.2. The fourth-order valence-electron chi connectivity index (χ4n) is 3.03. The van der Waals surface area contributed by atoms with E-state index in [-0.39, 0.29) is 12.6 Å². The number of thioether (sulfide) groups is 1. The molecule has 0 bridgehead atoms. The minimum absolute atomic E-state index is 0.287. The van der Waals surface area contributed by atoms with Gasteiger partial charge in [-0.2, -0.15) is 11.8 Å². The van der Waals surface area contributed by atoms with Gasteiger partial charge in [0.05, 0.1) is 19.3 Å². The van der Waals surface area contributed by atoms with Crippen LogP contribution in [0, 0.1) is 0 Å². The number of benzene rings is 1. The van der Waals surface area contributed by atoms with Gasteiger partial charge < -0.3 is 14.6 Å². The van der Waals surface area contributed by atoms with Crippen molar-refractivity contribution in [2.45, 2.75) is 38.3 Å². The van der Waals surface area contributed by atoms with Gasteiger partial charge in [-0.05, 0) is 43.8 Å². The monoisotopic (exact) mass is 394 g/mol. The second-order valence-electron chi connectivity index (χ2n) is 6.33. The van der Waals surface area contributed by atoms with Crippen LogP contribution in [0.3, 0.4) is 0 Å². The first-order valence-corrected chi connectivity index (χ1v) is 10.5. The number of carbonyl (C=O) groups is 2. The maximum absolute atomic E-state index is 12.9. The number of methoxy groups -OCH3 is 1. The van der Waals surface area contributed by atoms with Crippen LogP contribution in [0.2, 0.25) is 0 Å². The summed E-state index contributed by atoms with van der Waals surface area (Å²) in [5.74, 6) is 0.0219. The van der Waals surface area contributed by atoms with Crippen molar-refractivity contribution in [3.63, 3.8) is 0 Å². The Bertz CT molecular complexity index is 763. The summed E-state index contributed by atoms with van der Waals surface area (Å²) in [6, 6.07) is 7.02. The normalized spacial score (nSPS) is 12.1. The number of para-hydroxylation sites is 1. The molecule has 0 aliphatic carbocycles. The number of aromatic nitrogens is 1. The lowest BCUT2D eigenvalue weighted by molar-refractivity contribution is -0.142. The predicted octanol–water partition coefficient (Wildman–Crippen LogP) is 3.81. The third kappa shape index (κ3) is 5.73. The number of aryl methyl sites for hydroxylation is 1. The molecule has 27 heavy (non-hydrogen) atoms. The fourth-order valence-corrected chi connectivity index (χ4v) is 3.50. The Kier molecular flexibility index (Phi) is 8.64. The fraction of sp³-hybridized carbons (Fsp3) is 0.500. The maximum atomic E-state index is 12.9. The topological polar surface area (TPSA) is 60.3 Å². The summed E-state index contributed by atoms with van der Waals surface area (Å²) in [5.41, 5.74) is 1.50. The van der Waals surface area contributed by atoms with Crippen LogP contribution in [-0.4, -0.2) is 48.3 Å². The zero-order valence-corrected chi connectivity index (χ0v) is 16.7. The van der Waals surface area contributed by atoms with E-state index < -0.39 is 12.0 Å². The molecule has 0 unspecified atom stereocenters. The highest BCUT2D eigenvalue weighted by Crippen LogP contribution is 2.22. The van der Waals surface area contributed by atoms with E-state index in [4.69, 9.17) is 4.74 Å². The van der Waals surface area contributed by atoms with Crippen LogP contribution in [0.5, 0.6) is 0 Å². The van der Waals surface area contributed by atoms with Crippen LogP contribution in [0.15, 0.2) is 30.5 Å². The Hall–Kier alpha value is -2.02. The molecule has 0 saturated carbocycles. The summed E-state index contributed by atoms with van der Waals surface area (Å²) >= 11 is 1.61. The standard InChI is InChI=1S/C20H27FN2O3S/c1-26-20(25)17(10-13-27-2)22-19(24)16-14-23(12-7-3-6-11-21)18-9-5-4-8-15(16)18/h4-5,8-9,14,17H,3,6-7,10-13H2,1-2H3,(H,22,24)/t17-/m0/s1. The number of carbonyl (C=O) groups excluding carboxylic acids is 2. The van der Waals surface area contributed by atoms with E-state index in [0.717, 1.165) is 36.0 Å². The number of unbranched alkanes of at least 4 members (excludes halogenated alkanes) is 2. The van der Waals surface area contributed by atoms with Gasteiger partial charge in [-0.15, -0.1) is 0 Å². The summed E-state index contributed by atoms with van der Waals surface area (Å²) in [5, 5.41) is 3.65. The Balaban J connectivity index is 2.20. The molecule has 0 aliphatic rings. The van der Waals surface area contributed by atoms with Crippen molar-refractivity contribution in [2.75, 3.05) is 25.8 Å². The lowest BCUT2D eigenvalue weighted by atomic mass is 10.1. The van der Waals surface area contributed by atoms with Gasteiger partial charge in [-0.1, -0.05) is 18.2 Å². The van der Waals surface area contributed by atoms with Gasteiger partial charge in [0, 0.05) is 23.6 Å². The molecule has 1 N–H and O–H groups in total. The molecule has 2 aromatic rings. The average Bonchev–Trinajstić information content (AvgIpc) is 3.06. The molecular weight excluding hydrogens is 367 g/mol. The number of amides is 1. The zero-order chi connectivity index (χ0) is 19.6. The maximum Gasteiger partial charge on any atom is 0.328 e. The molecule has 1 aromatic carbocycles. The molecule has 1 heterocycles. The van der Waals surface area contributed by atoms with Crippen LogP contribution in [0.4, 0.5) is 4.39 Å². The number of nitrogens with zero attached hydrogens (tertiary/aromatic N) is 1. The Labute approximate surface area is 163 Å². The molecule has 2 rings (SSSR count). The van der Waals surface area contributed by atoms with Gasteiger partial charge >= 0.3 is 5.97 Å². The molecule has 0 spiro atoms. The summed E-state index contributed by atoms with van der Waals surface area (Å²) in [6.07, 6.45) is 6.50. The Morgan fingerprint density at radius 1 is 1.26 bits per heavy atom. The first-order chi connectivity index (χ1) is 13.1. The number of ether oxygens (including phenoxy) is 1. The van der Waals surface area contributed by atoms with Crippen LogP contribution in [0.25, 0.3) is 10.9 Å². The van der Waals surface area contributed by atoms with E-state index in [0.29, 0.717) is 18.4 Å². The third-order valence-electron chi connectivity index (χ3n) is 4.47. The lowest BCUT2D eigenvalue weighted by Crippen LogP contribution is -2.41. The molecule has 0 aliphatic heterocycles. The van der Waals surface area contributed by atoms with E-state index in [1.54, 1.807) is 11.8 Å². The molecular formula is C20H27FN2O3S. The molecule has 5 nitrogen and oxygen atoms in total. The van der Waals surface area contributed by atoms with Gasteiger partial charge in [-0.25, -0.2) is 4.79 Å². The Morgan fingerprint density at radius 3 is 2.74 bits per heavy atom. The van der Waals surface area contributed by atoms with E-state index in [1.165, 1.54) is 7.11 Å². The van der Waals surface area contributed by atoms with Crippen molar-refractivity contribution < 1.29 is 18.7 Å². The van der Waals surface area contributed by atoms with Crippen LogP contribution in [-0.2, 0) is 16.1 Å². The number of rotatable bonds is 11.